The molecule has 2 N–H and O–H groups in total. The molecule has 2 amide bonds. The van der Waals surface area contributed by atoms with E-state index in [1.54, 1.807) is 48.8 Å². The van der Waals surface area contributed by atoms with Gasteiger partial charge in [0.2, 0.25) is 0 Å². The van der Waals surface area contributed by atoms with E-state index in [4.69, 9.17) is 0 Å². The number of carbonyl (C=O) groups is 2. The number of aromatic nitrogens is 2. The lowest BCUT2D eigenvalue weighted by molar-refractivity contribution is 0.102. The number of rotatable bonds is 4. The van der Waals surface area contributed by atoms with Gasteiger partial charge in [0, 0.05) is 53.5 Å². The van der Waals surface area contributed by atoms with Crippen molar-refractivity contribution in [3.05, 3.63) is 90.4 Å². The monoisotopic (exact) mass is 370 g/mol. The smallest absolute Gasteiger partial charge is 0.257 e. The number of hydrogen-bond acceptors (Lipinski definition) is 3. The first kappa shape index (κ1) is 17.5. The van der Waals surface area contributed by atoms with Crippen LogP contribution in [0.4, 0.5) is 11.4 Å². The molecule has 0 saturated carbocycles. The summed E-state index contributed by atoms with van der Waals surface area (Å²) >= 11 is 0. The van der Waals surface area contributed by atoms with Crippen molar-refractivity contribution in [2.24, 2.45) is 7.05 Å². The number of carbonyl (C=O) groups excluding carboxylic acids is 2. The zero-order chi connectivity index (χ0) is 19.5. The van der Waals surface area contributed by atoms with Crippen molar-refractivity contribution in [3.8, 4) is 0 Å². The van der Waals surface area contributed by atoms with Gasteiger partial charge in [-0.15, -0.1) is 0 Å². The van der Waals surface area contributed by atoms with Gasteiger partial charge in [0.05, 0.1) is 5.56 Å². The maximum atomic E-state index is 12.8. The molecule has 0 aliphatic rings. The second kappa shape index (κ2) is 7.36. The summed E-state index contributed by atoms with van der Waals surface area (Å²) in [6, 6.07) is 18.1. The van der Waals surface area contributed by atoms with Gasteiger partial charge in [-0.05, 0) is 36.4 Å². The Balaban J connectivity index is 1.53. The third-order valence-corrected chi connectivity index (χ3v) is 4.46. The summed E-state index contributed by atoms with van der Waals surface area (Å²) in [7, 11) is 1.91. The Labute approximate surface area is 161 Å². The highest BCUT2D eigenvalue weighted by molar-refractivity contribution is 6.13. The molecule has 0 bridgehead atoms. The Morgan fingerprint density at radius 2 is 1.54 bits per heavy atom. The molecular weight excluding hydrogens is 352 g/mol. The quantitative estimate of drug-likeness (QED) is 0.568. The number of fused-ring (bicyclic) bond motifs is 1. The maximum Gasteiger partial charge on any atom is 0.257 e. The van der Waals surface area contributed by atoms with Gasteiger partial charge in [0.1, 0.15) is 0 Å². The van der Waals surface area contributed by atoms with Crippen LogP contribution in [0.3, 0.4) is 0 Å². The van der Waals surface area contributed by atoms with Crippen molar-refractivity contribution in [2.45, 2.75) is 0 Å². The molecule has 0 radical (unpaired) electrons. The van der Waals surface area contributed by atoms with Crippen LogP contribution < -0.4 is 10.6 Å². The minimum absolute atomic E-state index is 0.200. The van der Waals surface area contributed by atoms with Crippen molar-refractivity contribution >= 4 is 34.1 Å². The molecule has 4 rings (SSSR count). The van der Waals surface area contributed by atoms with Gasteiger partial charge in [-0.25, -0.2) is 0 Å². The number of nitrogens with zero attached hydrogens (tertiary/aromatic N) is 2. The minimum Gasteiger partial charge on any atom is -0.350 e. The van der Waals surface area contributed by atoms with Crippen LogP contribution in [-0.4, -0.2) is 21.4 Å². The lowest BCUT2D eigenvalue weighted by Gasteiger charge is -2.09. The number of nitrogens with one attached hydrogen (secondary N) is 2. The lowest BCUT2D eigenvalue weighted by Crippen LogP contribution is -2.14. The standard InChI is InChI=1S/C22H18N4O2/c1-26-14-19(18-7-2-3-8-20(18)26)22(28)25-17-6-4-5-16(13-17)24-21(27)15-9-11-23-12-10-15/h2-14H,1H3,(H,24,27)(H,25,28). The van der Waals surface area contributed by atoms with Crippen molar-refractivity contribution in [1.29, 1.82) is 0 Å². The summed E-state index contributed by atoms with van der Waals surface area (Å²) in [6.45, 7) is 0. The number of amides is 2. The van der Waals surface area contributed by atoms with Crippen LogP contribution in [0, 0.1) is 0 Å². The zero-order valence-corrected chi connectivity index (χ0v) is 15.2. The molecular formula is C22H18N4O2. The first-order valence-electron chi connectivity index (χ1n) is 8.79. The molecule has 138 valence electrons. The van der Waals surface area contributed by atoms with Crippen LogP contribution in [0.1, 0.15) is 20.7 Å². The van der Waals surface area contributed by atoms with Gasteiger partial charge < -0.3 is 15.2 Å². The van der Waals surface area contributed by atoms with Crippen molar-refractivity contribution in [3.63, 3.8) is 0 Å². The number of benzene rings is 2. The van der Waals surface area contributed by atoms with E-state index < -0.39 is 0 Å². The van der Waals surface area contributed by atoms with E-state index in [1.165, 1.54) is 0 Å². The summed E-state index contributed by atoms with van der Waals surface area (Å²) < 4.78 is 1.93. The summed E-state index contributed by atoms with van der Waals surface area (Å²) in [5.41, 5.74) is 3.30. The highest BCUT2D eigenvalue weighted by Crippen LogP contribution is 2.22. The number of hydrogen-bond donors (Lipinski definition) is 2. The van der Waals surface area contributed by atoms with E-state index in [1.807, 2.05) is 42.1 Å². The van der Waals surface area contributed by atoms with Crippen LogP contribution in [0.5, 0.6) is 0 Å². The van der Waals surface area contributed by atoms with E-state index in [-0.39, 0.29) is 11.8 Å². The van der Waals surface area contributed by atoms with Gasteiger partial charge in [0.25, 0.3) is 11.8 Å². The number of para-hydroxylation sites is 1. The predicted octanol–water partition coefficient (Wildman–Crippen LogP) is 4.08. The first-order chi connectivity index (χ1) is 13.6. The van der Waals surface area contributed by atoms with Crippen LogP contribution in [-0.2, 0) is 7.05 Å². The van der Waals surface area contributed by atoms with Gasteiger partial charge >= 0.3 is 0 Å². The molecule has 0 unspecified atom stereocenters. The summed E-state index contributed by atoms with van der Waals surface area (Å²) in [6.07, 6.45) is 4.94. The molecule has 0 aliphatic heterocycles. The Morgan fingerprint density at radius 1 is 0.857 bits per heavy atom. The summed E-state index contributed by atoms with van der Waals surface area (Å²) in [5, 5.41) is 6.62. The molecule has 0 aliphatic carbocycles. The molecule has 6 nitrogen and oxygen atoms in total. The lowest BCUT2D eigenvalue weighted by atomic mass is 10.1. The van der Waals surface area contributed by atoms with Gasteiger partial charge in [-0.3, -0.25) is 14.6 Å². The normalized spacial score (nSPS) is 10.6. The second-order valence-electron chi connectivity index (χ2n) is 6.40. The van der Waals surface area contributed by atoms with Crippen LogP contribution in [0.15, 0.2) is 79.3 Å². The predicted molar refractivity (Wildman–Crippen MR) is 110 cm³/mol. The average molecular weight is 370 g/mol. The van der Waals surface area contributed by atoms with Crippen LogP contribution in [0.25, 0.3) is 10.9 Å². The molecule has 2 aromatic carbocycles. The van der Waals surface area contributed by atoms with Gasteiger partial charge in [-0.1, -0.05) is 24.3 Å². The fourth-order valence-corrected chi connectivity index (χ4v) is 3.10. The number of aryl methyl sites for hydroxylation is 1. The maximum absolute atomic E-state index is 12.8. The zero-order valence-electron chi connectivity index (χ0n) is 15.2. The number of anilines is 2. The fraction of sp³-hybridized carbons (Fsp3) is 0.0455. The highest BCUT2D eigenvalue weighted by Gasteiger charge is 2.14. The fourth-order valence-electron chi connectivity index (χ4n) is 3.10. The Hall–Kier alpha value is -3.93. The molecule has 4 aromatic rings. The Morgan fingerprint density at radius 3 is 2.29 bits per heavy atom. The van der Waals surface area contributed by atoms with Gasteiger partial charge in [0.15, 0.2) is 0 Å². The molecule has 2 aromatic heterocycles. The van der Waals surface area contributed by atoms with Gasteiger partial charge in [-0.2, -0.15) is 0 Å². The number of pyridine rings is 1. The topological polar surface area (TPSA) is 76.0 Å². The van der Waals surface area contributed by atoms with Crippen molar-refractivity contribution in [2.75, 3.05) is 10.6 Å². The molecule has 28 heavy (non-hydrogen) atoms. The van der Waals surface area contributed by atoms with E-state index in [0.717, 1.165) is 10.9 Å². The third kappa shape index (κ3) is 3.48. The minimum atomic E-state index is -0.236. The van der Waals surface area contributed by atoms with Crippen LogP contribution >= 0.6 is 0 Å². The first-order valence-corrected chi connectivity index (χ1v) is 8.79. The Kier molecular flexibility index (Phi) is 4.60. The van der Waals surface area contributed by atoms with Crippen molar-refractivity contribution < 1.29 is 9.59 Å². The molecule has 0 fully saturated rings. The van der Waals surface area contributed by atoms with E-state index in [0.29, 0.717) is 22.5 Å². The molecule has 6 heteroatoms. The molecule has 0 saturated heterocycles. The average Bonchev–Trinajstić information content (AvgIpc) is 3.06. The SMILES string of the molecule is Cn1cc(C(=O)Nc2cccc(NC(=O)c3ccncc3)c2)c2ccccc21. The van der Waals surface area contributed by atoms with Crippen LogP contribution in [0.2, 0.25) is 0 Å². The van der Waals surface area contributed by atoms with E-state index in [2.05, 4.69) is 15.6 Å². The highest BCUT2D eigenvalue weighted by atomic mass is 16.2. The second-order valence-corrected chi connectivity index (χ2v) is 6.40. The molecule has 2 heterocycles. The molecule has 0 atom stereocenters. The van der Waals surface area contributed by atoms with E-state index in [9.17, 15) is 9.59 Å². The Bertz CT molecular complexity index is 1170. The largest absolute Gasteiger partial charge is 0.350 e. The summed E-state index contributed by atoms with van der Waals surface area (Å²) in [5.74, 6) is -0.436. The summed E-state index contributed by atoms with van der Waals surface area (Å²) in [4.78, 5) is 29.0. The van der Waals surface area contributed by atoms with Crippen molar-refractivity contribution in [1.82, 2.24) is 9.55 Å². The van der Waals surface area contributed by atoms with E-state index >= 15 is 0 Å². The third-order valence-electron chi connectivity index (χ3n) is 4.46. The molecule has 0 spiro atoms.